The van der Waals surface area contributed by atoms with Gasteiger partial charge in [0.25, 0.3) is 0 Å². The summed E-state index contributed by atoms with van der Waals surface area (Å²) in [6.07, 6.45) is 6.94. The van der Waals surface area contributed by atoms with E-state index in [4.69, 9.17) is 0 Å². The van der Waals surface area contributed by atoms with Crippen LogP contribution in [-0.2, 0) is 11.2 Å². The number of alkyl halides is 1. The van der Waals surface area contributed by atoms with Crippen molar-refractivity contribution in [2.24, 2.45) is 5.92 Å². The van der Waals surface area contributed by atoms with Gasteiger partial charge in [0.2, 0.25) is 5.91 Å². The molecule has 5 rings (SSSR count). The van der Waals surface area contributed by atoms with Gasteiger partial charge in [0.1, 0.15) is 11.5 Å². The first kappa shape index (κ1) is 21.6. The third kappa shape index (κ3) is 4.45. The Kier molecular flexibility index (Phi) is 6.02. The summed E-state index contributed by atoms with van der Waals surface area (Å²) < 4.78 is 28.4. The first-order chi connectivity index (χ1) is 15.5. The maximum Gasteiger partial charge on any atom is 0.225 e. The summed E-state index contributed by atoms with van der Waals surface area (Å²) in [4.78, 5) is 15.2. The summed E-state index contributed by atoms with van der Waals surface area (Å²) >= 11 is 0. The van der Waals surface area contributed by atoms with Crippen molar-refractivity contribution in [1.29, 1.82) is 0 Å². The molecule has 2 saturated carbocycles. The second-order valence-corrected chi connectivity index (χ2v) is 9.92. The van der Waals surface area contributed by atoms with E-state index in [0.29, 0.717) is 19.4 Å². The summed E-state index contributed by atoms with van der Waals surface area (Å²) in [6.45, 7) is 1.11. The molecule has 0 spiro atoms. The molecular formula is C27H32F2N2O. The van der Waals surface area contributed by atoms with Crippen LogP contribution in [0.2, 0.25) is 0 Å². The highest BCUT2D eigenvalue weighted by Crippen LogP contribution is 2.36. The highest BCUT2D eigenvalue weighted by Gasteiger charge is 2.43. The van der Waals surface area contributed by atoms with Crippen LogP contribution >= 0.6 is 0 Å². The Morgan fingerprint density at radius 3 is 2.44 bits per heavy atom. The number of rotatable bonds is 7. The van der Waals surface area contributed by atoms with Crippen molar-refractivity contribution in [3.8, 4) is 11.1 Å². The molecule has 2 aliphatic carbocycles. The lowest BCUT2D eigenvalue weighted by atomic mass is 9.81. The first-order valence-corrected chi connectivity index (χ1v) is 12.1. The molecule has 2 aromatic carbocycles. The topological polar surface area (TPSA) is 32.3 Å². The Hall–Kier alpha value is -2.27. The van der Waals surface area contributed by atoms with Crippen LogP contribution in [0.15, 0.2) is 48.5 Å². The third-order valence-corrected chi connectivity index (χ3v) is 7.74. The minimum atomic E-state index is -1.08. The zero-order chi connectivity index (χ0) is 22.1. The largest absolute Gasteiger partial charge is 0.338 e. The van der Waals surface area contributed by atoms with Crippen LogP contribution in [0.3, 0.4) is 0 Å². The molecule has 1 amide bonds. The lowest BCUT2D eigenvalue weighted by molar-refractivity contribution is -0.139. The maximum absolute atomic E-state index is 14.7. The first-order valence-electron chi connectivity index (χ1n) is 12.1. The summed E-state index contributed by atoms with van der Waals surface area (Å²) in [5, 5.41) is 3.49. The lowest BCUT2D eigenvalue weighted by Crippen LogP contribution is -2.52. The zero-order valence-electron chi connectivity index (χ0n) is 18.5. The van der Waals surface area contributed by atoms with Gasteiger partial charge in [-0.05, 0) is 73.8 Å². The van der Waals surface area contributed by atoms with Gasteiger partial charge in [0.15, 0.2) is 0 Å². The molecule has 1 heterocycles. The molecule has 0 bridgehead atoms. The van der Waals surface area contributed by atoms with Crippen LogP contribution in [0, 0.1) is 11.7 Å². The quantitative estimate of drug-likeness (QED) is 0.637. The molecule has 3 fully saturated rings. The van der Waals surface area contributed by atoms with Crippen LogP contribution in [0.4, 0.5) is 8.78 Å². The SMILES string of the molecule is O=C(C1CCC1)N1CCC(NCC2(F)CCC2)C1Cc1cccc(-c2cccc(F)c2)c1. The molecule has 1 aliphatic heterocycles. The predicted molar refractivity (Wildman–Crippen MR) is 122 cm³/mol. The van der Waals surface area contributed by atoms with Gasteiger partial charge in [0, 0.05) is 25.0 Å². The minimum absolute atomic E-state index is 0.0227. The highest BCUT2D eigenvalue weighted by molar-refractivity contribution is 5.80. The molecule has 170 valence electrons. The van der Waals surface area contributed by atoms with Crippen molar-refractivity contribution in [1.82, 2.24) is 10.2 Å². The minimum Gasteiger partial charge on any atom is -0.338 e. The predicted octanol–water partition coefficient (Wildman–Crippen LogP) is 5.29. The Morgan fingerprint density at radius 2 is 1.78 bits per heavy atom. The van der Waals surface area contributed by atoms with Crippen molar-refractivity contribution in [3.05, 3.63) is 59.9 Å². The monoisotopic (exact) mass is 438 g/mol. The van der Waals surface area contributed by atoms with E-state index in [1.165, 1.54) is 6.07 Å². The van der Waals surface area contributed by atoms with Crippen LogP contribution < -0.4 is 5.32 Å². The summed E-state index contributed by atoms with van der Waals surface area (Å²) in [5.74, 6) is 0.181. The number of hydrogen-bond donors (Lipinski definition) is 1. The second kappa shape index (κ2) is 8.93. The Balaban J connectivity index is 1.35. The molecular weight excluding hydrogens is 406 g/mol. The number of carbonyl (C=O) groups excluding carboxylic acids is 1. The smallest absolute Gasteiger partial charge is 0.225 e. The van der Waals surface area contributed by atoms with Gasteiger partial charge in [0.05, 0.1) is 6.04 Å². The van der Waals surface area contributed by atoms with E-state index >= 15 is 0 Å². The summed E-state index contributed by atoms with van der Waals surface area (Å²) in [7, 11) is 0. The van der Waals surface area contributed by atoms with E-state index in [9.17, 15) is 13.6 Å². The van der Waals surface area contributed by atoms with Gasteiger partial charge < -0.3 is 10.2 Å². The van der Waals surface area contributed by atoms with Crippen molar-refractivity contribution in [2.75, 3.05) is 13.1 Å². The fourth-order valence-electron chi connectivity index (χ4n) is 5.35. The molecule has 3 aliphatic rings. The Bertz CT molecular complexity index is 970. The number of hydrogen-bond acceptors (Lipinski definition) is 2. The average Bonchev–Trinajstić information content (AvgIpc) is 3.12. The number of benzene rings is 2. The molecule has 2 atom stereocenters. The van der Waals surface area contributed by atoms with E-state index in [0.717, 1.165) is 61.8 Å². The van der Waals surface area contributed by atoms with Crippen LogP contribution in [-0.4, -0.2) is 41.6 Å². The number of likely N-dealkylation sites (tertiary alicyclic amines) is 1. The standard InChI is InChI=1S/C27H32F2N2O/c28-23-10-3-9-22(17-23)21-8-1-5-19(15-21)16-25-24(30-18-27(29)12-4-13-27)11-14-31(25)26(32)20-6-2-7-20/h1,3,5,8-10,15,17,20,24-25,30H,2,4,6-7,11-14,16,18H2. The van der Waals surface area contributed by atoms with Crippen molar-refractivity contribution in [3.63, 3.8) is 0 Å². The molecule has 0 aromatic heterocycles. The average molecular weight is 439 g/mol. The van der Waals surface area contributed by atoms with Gasteiger partial charge in [-0.3, -0.25) is 4.79 Å². The van der Waals surface area contributed by atoms with E-state index in [1.54, 1.807) is 12.1 Å². The van der Waals surface area contributed by atoms with Crippen LogP contribution in [0.25, 0.3) is 11.1 Å². The molecule has 2 unspecified atom stereocenters. The van der Waals surface area contributed by atoms with Gasteiger partial charge in [-0.1, -0.05) is 42.8 Å². The molecule has 1 N–H and O–H groups in total. The lowest BCUT2D eigenvalue weighted by Gasteiger charge is -2.37. The van der Waals surface area contributed by atoms with E-state index in [-0.39, 0.29) is 29.7 Å². The van der Waals surface area contributed by atoms with E-state index in [1.807, 2.05) is 18.2 Å². The highest BCUT2D eigenvalue weighted by atomic mass is 19.1. The van der Waals surface area contributed by atoms with E-state index < -0.39 is 5.67 Å². The van der Waals surface area contributed by atoms with Gasteiger partial charge in [-0.25, -0.2) is 8.78 Å². The molecule has 2 aromatic rings. The van der Waals surface area contributed by atoms with Crippen molar-refractivity contribution in [2.45, 2.75) is 69.1 Å². The molecule has 32 heavy (non-hydrogen) atoms. The fourth-order valence-corrected chi connectivity index (χ4v) is 5.35. The van der Waals surface area contributed by atoms with Gasteiger partial charge in [-0.2, -0.15) is 0 Å². The summed E-state index contributed by atoms with van der Waals surface area (Å²) in [5.41, 5.74) is 1.86. The normalized spacial score (nSPS) is 24.8. The van der Waals surface area contributed by atoms with Crippen LogP contribution in [0.5, 0.6) is 0 Å². The van der Waals surface area contributed by atoms with Crippen molar-refractivity contribution >= 4 is 5.91 Å². The molecule has 3 nitrogen and oxygen atoms in total. The van der Waals surface area contributed by atoms with Crippen molar-refractivity contribution < 1.29 is 13.6 Å². The fraction of sp³-hybridized carbons (Fsp3) is 0.519. The Morgan fingerprint density at radius 1 is 1.03 bits per heavy atom. The van der Waals surface area contributed by atoms with Gasteiger partial charge >= 0.3 is 0 Å². The maximum atomic E-state index is 14.7. The molecule has 0 radical (unpaired) electrons. The second-order valence-electron chi connectivity index (χ2n) is 9.92. The summed E-state index contributed by atoms with van der Waals surface area (Å²) in [6, 6.07) is 14.9. The zero-order valence-corrected chi connectivity index (χ0v) is 18.5. The number of amides is 1. The van der Waals surface area contributed by atoms with Crippen LogP contribution in [0.1, 0.15) is 50.5 Å². The third-order valence-electron chi connectivity index (χ3n) is 7.74. The van der Waals surface area contributed by atoms with E-state index in [2.05, 4.69) is 22.3 Å². The molecule has 1 saturated heterocycles. The van der Waals surface area contributed by atoms with Gasteiger partial charge in [-0.15, -0.1) is 0 Å². The number of nitrogens with one attached hydrogen (secondary N) is 1. The number of nitrogens with zero attached hydrogens (tertiary/aromatic N) is 1. The number of halogens is 2. The Labute approximate surface area is 189 Å². The number of carbonyl (C=O) groups is 1. The molecule has 5 heteroatoms.